The van der Waals surface area contributed by atoms with E-state index in [0.29, 0.717) is 24.2 Å². The highest BCUT2D eigenvalue weighted by Crippen LogP contribution is 2.20. The minimum absolute atomic E-state index is 0.164. The molecule has 144 valence electrons. The van der Waals surface area contributed by atoms with E-state index in [4.69, 9.17) is 5.11 Å². The second-order valence-corrected chi connectivity index (χ2v) is 6.18. The number of nitrogens with one attached hydrogen (secondary N) is 1. The van der Waals surface area contributed by atoms with Crippen molar-refractivity contribution in [3.8, 4) is 11.3 Å². The van der Waals surface area contributed by atoms with Crippen molar-refractivity contribution in [3.05, 3.63) is 65.9 Å². The second kappa shape index (κ2) is 8.43. The fourth-order valence-corrected chi connectivity index (χ4v) is 2.89. The first-order chi connectivity index (χ1) is 13.5. The Hall–Kier alpha value is -3.55. The van der Waals surface area contributed by atoms with E-state index in [1.54, 1.807) is 28.9 Å². The highest BCUT2D eigenvalue weighted by atomic mass is 16.4. The number of hydrogen-bond acceptors (Lipinski definition) is 5. The minimum atomic E-state index is -1.01. The number of aromatic carboxylic acids is 1. The van der Waals surface area contributed by atoms with Gasteiger partial charge in [-0.25, -0.2) is 14.5 Å². The van der Waals surface area contributed by atoms with Gasteiger partial charge in [0.15, 0.2) is 0 Å². The maximum absolute atomic E-state index is 12.6. The molecule has 0 saturated carbocycles. The van der Waals surface area contributed by atoms with Gasteiger partial charge in [-0.2, -0.15) is 5.10 Å². The Bertz CT molecular complexity index is 982. The molecule has 28 heavy (non-hydrogen) atoms. The van der Waals surface area contributed by atoms with Crippen molar-refractivity contribution in [3.63, 3.8) is 0 Å². The highest BCUT2D eigenvalue weighted by molar-refractivity contribution is 5.95. The Morgan fingerprint density at radius 1 is 1.11 bits per heavy atom. The first kappa shape index (κ1) is 19.2. The molecule has 0 radical (unpaired) electrons. The lowest BCUT2D eigenvalue weighted by Gasteiger charge is -2.17. The Balaban J connectivity index is 1.76. The molecule has 8 nitrogen and oxygen atoms in total. The summed E-state index contributed by atoms with van der Waals surface area (Å²) in [6.07, 6.45) is 3.63. The molecule has 0 unspecified atom stereocenters. The number of rotatable bonds is 7. The number of carbonyl (C=O) groups is 2. The van der Waals surface area contributed by atoms with Crippen molar-refractivity contribution in [1.29, 1.82) is 0 Å². The number of carboxylic acid groups (broad SMARTS) is 1. The minimum Gasteiger partial charge on any atom is -0.478 e. The third-order valence-electron chi connectivity index (χ3n) is 4.42. The number of aryl methyl sites for hydroxylation is 1. The molecule has 2 N–H and O–H groups in total. The molecule has 0 fully saturated rings. The first-order valence-corrected chi connectivity index (χ1v) is 9.01. The average molecular weight is 379 g/mol. The zero-order valence-corrected chi connectivity index (χ0v) is 15.7. The summed E-state index contributed by atoms with van der Waals surface area (Å²) in [5.41, 5.74) is 1.93. The van der Waals surface area contributed by atoms with Crippen LogP contribution in [0, 0.1) is 0 Å². The quantitative estimate of drug-likeness (QED) is 0.653. The number of benzene rings is 1. The predicted octanol–water partition coefficient (Wildman–Crippen LogP) is 2.94. The largest absolute Gasteiger partial charge is 0.478 e. The van der Waals surface area contributed by atoms with Gasteiger partial charge < -0.3 is 10.4 Å². The lowest BCUT2D eigenvalue weighted by Crippen LogP contribution is -2.30. The van der Waals surface area contributed by atoms with Crippen LogP contribution in [-0.4, -0.2) is 36.7 Å². The Kier molecular flexibility index (Phi) is 5.78. The van der Waals surface area contributed by atoms with Gasteiger partial charge in [-0.3, -0.25) is 9.78 Å². The molecule has 1 atom stereocenters. The van der Waals surface area contributed by atoms with Crippen LogP contribution < -0.4 is 5.32 Å². The summed E-state index contributed by atoms with van der Waals surface area (Å²) in [5, 5.41) is 16.2. The molecule has 8 heteroatoms. The molecule has 3 rings (SSSR count). The third kappa shape index (κ3) is 4.06. The summed E-state index contributed by atoms with van der Waals surface area (Å²) in [4.78, 5) is 32.2. The molecular weight excluding hydrogens is 358 g/mol. The van der Waals surface area contributed by atoms with Gasteiger partial charge in [0.25, 0.3) is 5.91 Å². The van der Waals surface area contributed by atoms with Crippen molar-refractivity contribution in [2.45, 2.75) is 32.9 Å². The van der Waals surface area contributed by atoms with E-state index in [-0.39, 0.29) is 17.5 Å². The third-order valence-corrected chi connectivity index (χ3v) is 4.42. The van der Waals surface area contributed by atoms with Crippen molar-refractivity contribution >= 4 is 11.9 Å². The molecule has 2 aromatic heterocycles. The molecule has 3 aromatic rings. The number of hydrogen-bond donors (Lipinski definition) is 2. The van der Waals surface area contributed by atoms with E-state index >= 15 is 0 Å². The van der Waals surface area contributed by atoms with Crippen LogP contribution in [0.15, 0.2) is 48.9 Å². The average Bonchev–Trinajstić information content (AvgIpc) is 3.20. The Morgan fingerprint density at radius 3 is 2.50 bits per heavy atom. The van der Waals surface area contributed by atoms with Gasteiger partial charge >= 0.3 is 5.97 Å². The van der Waals surface area contributed by atoms with Crippen LogP contribution in [0.5, 0.6) is 0 Å². The summed E-state index contributed by atoms with van der Waals surface area (Å²) in [5.74, 6) is -0.494. The van der Waals surface area contributed by atoms with Crippen LogP contribution in [0.2, 0.25) is 0 Å². The van der Waals surface area contributed by atoms with Crippen LogP contribution >= 0.6 is 0 Å². The predicted molar refractivity (Wildman–Crippen MR) is 103 cm³/mol. The van der Waals surface area contributed by atoms with E-state index in [1.165, 1.54) is 24.7 Å². The smallest absolute Gasteiger partial charge is 0.335 e. The van der Waals surface area contributed by atoms with Gasteiger partial charge in [-0.15, -0.1) is 0 Å². The summed E-state index contributed by atoms with van der Waals surface area (Å²) in [6, 6.07) is 9.59. The number of pyridine rings is 1. The number of nitrogens with zero attached hydrogens (tertiary/aromatic N) is 4. The second-order valence-electron chi connectivity index (χ2n) is 6.18. The van der Waals surface area contributed by atoms with Gasteiger partial charge in [0.1, 0.15) is 12.2 Å². The molecule has 1 aromatic carbocycles. The van der Waals surface area contributed by atoms with Crippen LogP contribution in [-0.2, 0) is 6.54 Å². The summed E-state index contributed by atoms with van der Waals surface area (Å²) in [6.45, 7) is 4.63. The molecule has 0 bridgehead atoms. The summed E-state index contributed by atoms with van der Waals surface area (Å²) in [7, 11) is 0. The standard InChI is InChI=1S/C20H21N5O3/c1-3-16(18-22-12-23-25(18)4-2)24-19(26)14-7-5-13(6-8-14)17-11-15(20(27)28)9-10-21-17/h5-12,16H,3-4H2,1-2H3,(H,24,26)(H,27,28)/t16-/m1/s1. The van der Waals surface area contributed by atoms with Crippen LogP contribution in [0.4, 0.5) is 0 Å². The van der Waals surface area contributed by atoms with Gasteiger partial charge in [-0.1, -0.05) is 19.1 Å². The maximum atomic E-state index is 12.6. The van der Waals surface area contributed by atoms with E-state index < -0.39 is 5.97 Å². The van der Waals surface area contributed by atoms with Crippen molar-refractivity contribution < 1.29 is 14.7 Å². The van der Waals surface area contributed by atoms with E-state index in [0.717, 1.165) is 11.4 Å². The zero-order chi connectivity index (χ0) is 20.1. The fourth-order valence-electron chi connectivity index (χ4n) is 2.89. The van der Waals surface area contributed by atoms with Crippen molar-refractivity contribution in [1.82, 2.24) is 25.1 Å². The molecule has 0 saturated heterocycles. The SMILES string of the molecule is CC[C@@H](NC(=O)c1ccc(-c2cc(C(=O)O)ccn2)cc1)c1ncnn1CC. The topological polar surface area (TPSA) is 110 Å². The zero-order valence-electron chi connectivity index (χ0n) is 15.7. The summed E-state index contributed by atoms with van der Waals surface area (Å²) >= 11 is 0. The van der Waals surface area contributed by atoms with Crippen LogP contribution in [0.3, 0.4) is 0 Å². The Morgan fingerprint density at radius 2 is 1.86 bits per heavy atom. The maximum Gasteiger partial charge on any atom is 0.335 e. The van der Waals surface area contributed by atoms with Crippen LogP contribution in [0.1, 0.15) is 52.9 Å². The molecular formula is C20H21N5O3. The normalized spacial score (nSPS) is 11.8. The van der Waals surface area contributed by atoms with Gasteiger partial charge in [0.2, 0.25) is 0 Å². The van der Waals surface area contributed by atoms with Crippen LogP contribution in [0.25, 0.3) is 11.3 Å². The number of amides is 1. The number of aromatic nitrogens is 4. The first-order valence-electron chi connectivity index (χ1n) is 9.01. The summed E-state index contributed by atoms with van der Waals surface area (Å²) < 4.78 is 1.76. The van der Waals surface area contributed by atoms with E-state index in [9.17, 15) is 9.59 Å². The lowest BCUT2D eigenvalue weighted by atomic mass is 10.1. The van der Waals surface area contributed by atoms with Gasteiger partial charge in [-0.05, 0) is 37.6 Å². The lowest BCUT2D eigenvalue weighted by molar-refractivity contribution is 0.0696. The highest BCUT2D eigenvalue weighted by Gasteiger charge is 2.19. The van der Waals surface area contributed by atoms with Gasteiger partial charge in [0, 0.05) is 23.9 Å². The molecule has 1 amide bonds. The molecule has 0 aliphatic carbocycles. The van der Waals surface area contributed by atoms with E-state index in [1.807, 2.05) is 13.8 Å². The number of carbonyl (C=O) groups excluding carboxylic acids is 1. The fraction of sp³-hybridized carbons (Fsp3) is 0.250. The van der Waals surface area contributed by atoms with Crippen molar-refractivity contribution in [2.75, 3.05) is 0 Å². The van der Waals surface area contributed by atoms with E-state index in [2.05, 4.69) is 20.4 Å². The molecule has 0 aliphatic heterocycles. The molecule has 0 spiro atoms. The number of carboxylic acids is 1. The molecule has 2 heterocycles. The molecule has 0 aliphatic rings. The Labute approximate surface area is 162 Å². The van der Waals surface area contributed by atoms with Gasteiger partial charge in [0.05, 0.1) is 17.3 Å². The monoisotopic (exact) mass is 379 g/mol. The van der Waals surface area contributed by atoms with Crippen molar-refractivity contribution in [2.24, 2.45) is 0 Å².